The Morgan fingerprint density at radius 2 is 2.33 bits per heavy atom. The van der Waals surface area contributed by atoms with Gasteiger partial charge in [0.25, 0.3) is 0 Å². The number of amidine groups is 1. The first-order valence-electron chi connectivity index (χ1n) is 2.70. The van der Waals surface area contributed by atoms with Crippen molar-refractivity contribution in [2.24, 2.45) is 0 Å². The summed E-state index contributed by atoms with van der Waals surface area (Å²) in [4.78, 5) is 4.81. The molecule has 1 N–H and O–H groups in total. The Morgan fingerprint density at radius 3 is 2.44 bits per heavy atom. The summed E-state index contributed by atoms with van der Waals surface area (Å²) in [5.41, 5.74) is 0. The van der Waals surface area contributed by atoms with Crippen LogP contribution in [0.15, 0.2) is 0 Å². The van der Waals surface area contributed by atoms with Crippen molar-refractivity contribution < 1.29 is 4.84 Å². The normalized spacial score (nSPS) is 9.22. The van der Waals surface area contributed by atoms with Crippen molar-refractivity contribution in [1.29, 1.82) is 5.41 Å². The maximum Gasteiger partial charge on any atom is 0.117 e. The van der Waals surface area contributed by atoms with Gasteiger partial charge in [0, 0.05) is 5.75 Å². The molecule has 0 aromatic rings. The first-order chi connectivity index (χ1) is 4.22. The van der Waals surface area contributed by atoms with Gasteiger partial charge in [-0.25, -0.2) is 5.06 Å². The van der Waals surface area contributed by atoms with Crippen LogP contribution in [0.2, 0.25) is 0 Å². The van der Waals surface area contributed by atoms with E-state index in [-0.39, 0.29) is 0 Å². The van der Waals surface area contributed by atoms with Crippen LogP contribution >= 0.6 is 12.6 Å². The van der Waals surface area contributed by atoms with Crippen molar-refractivity contribution in [3.8, 4) is 0 Å². The molecule has 0 heterocycles. The lowest BCUT2D eigenvalue weighted by atomic mass is 10.6. The minimum absolute atomic E-state index is 0.409. The average Bonchev–Trinajstić information content (AvgIpc) is 1.82. The summed E-state index contributed by atoms with van der Waals surface area (Å²) in [6.45, 7) is 2.34. The van der Waals surface area contributed by atoms with E-state index < -0.39 is 0 Å². The maximum absolute atomic E-state index is 7.12. The van der Waals surface area contributed by atoms with E-state index in [4.69, 9.17) is 10.2 Å². The molecule has 0 bridgehead atoms. The molecular weight excluding hydrogens is 136 g/mol. The third-order valence-corrected chi connectivity index (χ3v) is 1.10. The Hall–Kier alpha value is -0.220. The molecule has 9 heavy (non-hydrogen) atoms. The number of hydrogen-bond acceptors (Lipinski definition) is 3. The number of thiol groups is 1. The Bertz CT molecular complexity index is 97.0. The predicted molar refractivity (Wildman–Crippen MR) is 41.0 cm³/mol. The standard InChI is InChI=1S/C5H12N2OS/c1-5(6)7(8-2)3-4-9/h6,9H,3-4H2,1-2H3. The van der Waals surface area contributed by atoms with Crippen LogP contribution < -0.4 is 0 Å². The second-order valence-electron chi connectivity index (χ2n) is 1.59. The minimum atomic E-state index is 0.409. The molecule has 0 saturated carbocycles. The molecule has 4 heteroatoms. The van der Waals surface area contributed by atoms with Gasteiger partial charge in [-0.2, -0.15) is 12.6 Å². The molecule has 0 aromatic heterocycles. The van der Waals surface area contributed by atoms with Gasteiger partial charge >= 0.3 is 0 Å². The molecule has 0 aliphatic carbocycles. The van der Waals surface area contributed by atoms with Gasteiger partial charge in [-0.1, -0.05) is 0 Å². The number of hydrogen-bond donors (Lipinski definition) is 2. The van der Waals surface area contributed by atoms with Crippen molar-refractivity contribution in [3.63, 3.8) is 0 Å². The van der Waals surface area contributed by atoms with Crippen LogP contribution in [0.3, 0.4) is 0 Å². The van der Waals surface area contributed by atoms with E-state index in [0.717, 1.165) is 0 Å². The number of nitrogens with one attached hydrogen (secondary N) is 1. The highest BCUT2D eigenvalue weighted by Gasteiger charge is 1.99. The summed E-state index contributed by atoms with van der Waals surface area (Å²) in [6, 6.07) is 0. The van der Waals surface area contributed by atoms with E-state index in [1.807, 2.05) is 0 Å². The summed E-state index contributed by atoms with van der Waals surface area (Å²) < 4.78 is 0. The van der Waals surface area contributed by atoms with Crippen LogP contribution in [0.25, 0.3) is 0 Å². The van der Waals surface area contributed by atoms with Crippen molar-refractivity contribution >= 4 is 18.5 Å². The monoisotopic (exact) mass is 148 g/mol. The number of rotatable bonds is 3. The first kappa shape index (κ1) is 8.78. The fourth-order valence-electron chi connectivity index (χ4n) is 0.487. The largest absolute Gasteiger partial charge is 0.287 e. The third-order valence-electron chi connectivity index (χ3n) is 0.898. The fraction of sp³-hybridized carbons (Fsp3) is 0.800. The summed E-state index contributed by atoms with van der Waals surface area (Å²) in [7, 11) is 1.54. The summed E-state index contributed by atoms with van der Waals surface area (Å²) in [6.07, 6.45) is 0. The van der Waals surface area contributed by atoms with Crippen LogP contribution in [-0.2, 0) is 4.84 Å². The molecule has 0 amide bonds. The molecule has 0 fully saturated rings. The summed E-state index contributed by atoms with van der Waals surface area (Å²) in [5.74, 6) is 1.11. The second kappa shape index (κ2) is 4.64. The molecule has 0 spiro atoms. The Labute approximate surface area is 60.9 Å². The predicted octanol–water partition coefficient (Wildman–Crippen LogP) is 0.777. The zero-order valence-electron chi connectivity index (χ0n) is 5.72. The van der Waals surface area contributed by atoms with E-state index in [1.54, 1.807) is 14.0 Å². The Balaban J connectivity index is 3.54. The van der Waals surface area contributed by atoms with Gasteiger partial charge in [0.05, 0.1) is 13.7 Å². The molecule has 3 nitrogen and oxygen atoms in total. The van der Waals surface area contributed by atoms with Gasteiger partial charge in [0.1, 0.15) is 5.84 Å². The highest BCUT2D eigenvalue weighted by atomic mass is 32.1. The van der Waals surface area contributed by atoms with Crippen molar-refractivity contribution in [3.05, 3.63) is 0 Å². The van der Waals surface area contributed by atoms with Crippen LogP contribution in [0, 0.1) is 5.41 Å². The van der Waals surface area contributed by atoms with Gasteiger partial charge in [-0.05, 0) is 6.92 Å². The second-order valence-corrected chi connectivity index (χ2v) is 2.04. The van der Waals surface area contributed by atoms with Crippen molar-refractivity contribution in [2.45, 2.75) is 6.92 Å². The maximum atomic E-state index is 7.12. The zero-order valence-corrected chi connectivity index (χ0v) is 6.61. The molecule has 0 aromatic carbocycles. The van der Waals surface area contributed by atoms with Crippen molar-refractivity contribution in [2.75, 3.05) is 19.4 Å². The first-order valence-corrected chi connectivity index (χ1v) is 3.33. The molecule has 0 unspecified atom stereocenters. The Kier molecular flexibility index (Phi) is 4.53. The van der Waals surface area contributed by atoms with Gasteiger partial charge in [0.15, 0.2) is 0 Å². The fourth-order valence-corrected chi connectivity index (χ4v) is 0.668. The van der Waals surface area contributed by atoms with E-state index in [9.17, 15) is 0 Å². The lowest BCUT2D eigenvalue weighted by Crippen LogP contribution is -2.28. The lowest BCUT2D eigenvalue weighted by molar-refractivity contribution is -0.0608. The van der Waals surface area contributed by atoms with Crippen molar-refractivity contribution in [1.82, 2.24) is 5.06 Å². The third kappa shape index (κ3) is 3.37. The van der Waals surface area contributed by atoms with Crippen LogP contribution in [0.4, 0.5) is 0 Å². The molecule has 0 aliphatic heterocycles. The molecular formula is C5H12N2OS. The van der Waals surface area contributed by atoms with Gasteiger partial charge in [-0.3, -0.25) is 10.2 Å². The highest BCUT2D eigenvalue weighted by Crippen LogP contribution is 1.89. The molecule has 0 saturated heterocycles. The highest BCUT2D eigenvalue weighted by molar-refractivity contribution is 7.80. The topological polar surface area (TPSA) is 36.3 Å². The minimum Gasteiger partial charge on any atom is -0.287 e. The quantitative estimate of drug-likeness (QED) is 0.268. The van der Waals surface area contributed by atoms with Gasteiger partial charge in [0.2, 0.25) is 0 Å². The van der Waals surface area contributed by atoms with Gasteiger partial charge < -0.3 is 0 Å². The van der Waals surface area contributed by atoms with Crippen LogP contribution in [0.1, 0.15) is 6.92 Å². The average molecular weight is 148 g/mol. The molecule has 54 valence electrons. The molecule has 0 aliphatic rings. The summed E-state index contributed by atoms with van der Waals surface area (Å²) in [5, 5.41) is 8.60. The molecule has 0 atom stereocenters. The lowest BCUT2D eigenvalue weighted by Gasteiger charge is -2.17. The smallest absolute Gasteiger partial charge is 0.117 e. The number of nitrogens with zero attached hydrogens (tertiary/aromatic N) is 1. The van der Waals surface area contributed by atoms with Gasteiger partial charge in [-0.15, -0.1) is 0 Å². The van der Waals surface area contributed by atoms with E-state index in [0.29, 0.717) is 18.1 Å². The Morgan fingerprint density at radius 1 is 1.78 bits per heavy atom. The van der Waals surface area contributed by atoms with Crippen LogP contribution in [-0.4, -0.2) is 30.3 Å². The zero-order chi connectivity index (χ0) is 7.28. The molecule has 0 rings (SSSR count). The van der Waals surface area contributed by atoms with E-state index >= 15 is 0 Å². The number of hydroxylamine groups is 2. The van der Waals surface area contributed by atoms with E-state index in [2.05, 4.69) is 12.6 Å². The van der Waals surface area contributed by atoms with Crippen LogP contribution in [0.5, 0.6) is 0 Å². The van der Waals surface area contributed by atoms with E-state index in [1.165, 1.54) is 5.06 Å². The SMILES string of the molecule is CON(CCS)C(C)=N. The molecule has 0 radical (unpaired) electrons. The summed E-state index contributed by atoms with van der Waals surface area (Å²) >= 11 is 3.99.